The van der Waals surface area contributed by atoms with Crippen LogP contribution in [0.25, 0.3) is 0 Å². The number of benzene rings is 1. The van der Waals surface area contributed by atoms with Crippen molar-refractivity contribution in [3.8, 4) is 0 Å². The molecular formula is C17H26N2O3S. The number of anilines is 1. The number of hydrogen-bond donors (Lipinski definition) is 1. The minimum atomic E-state index is -3.14. The predicted molar refractivity (Wildman–Crippen MR) is 92.9 cm³/mol. The molecule has 1 amide bonds. The normalized spacial score (nSPS) is 17.4. The van der Waals surface area contributed by atoms with Gasteiger partial charge in [-0.15, -0.1) is 0 Å². The van der Waals surface area contributed by atoms with Crippen molar-refractivity contribution >= 4 is 21.6 Å². The molecule has 1 aromatic carbocycles. The van der Waals surface area contributed by atoms with Crippen LogP contribution in [0.5, 0.6) is 0 Å². The van der Waals surface area contributed by atoms with Crippen molar-refractivity contribution in [1.82, 2.24) is 4.31 Å². The van der Waals surface area contributed by atoms with Gasteiger partial charge in [0, 0.05) is 24.7 Å². The van der Waals surface area contributed by atoms with E-state index < -0.39 is 10.0 Å². The Morgan fingerprint density at radius 3 is 2.26 bits per heavy atom. The SMILES string of the molecule is CCS(=O)(=O)N1CCC(C(=O)Nc2ccc(C(C)C)cc2)CC1. The molecule has 1 aliphatic heterocycles. The van der Waals surface area contributed by atoms with Gasteiger partial charge in [0.2, 0.25) is 15.9 Å². The van der Waals surface area contributed by atoms with E-state index in [1.165, 1.54) is 9.87 Å². The summed E-state index contributed by atoms with van der Waals surface area (Å²) in [4.78, 5) is 12.3. The Hall–Kier alpha value is -1.40. The Morgan fingerprint density at radius 2 is 1.78 bits per heavy atom. The van der Waals surface area contributed by atoms with Crippen LogP contribution in [0.1, 0.15) is 45.1 Å². The van der Waals surface area contributed by atoms with Crippen LogP contribution in [-0.4, -0.2) is 37.5 Å². The fourth-order valence-corrected chi connectivity index (χ4v) is 3.91. The number of sulfonamides is 1. The first-order valence-electron chi connectivity index (χ1n) is 8.22. The Morgan fingerprint density at radius 1 is 1.22 bits per heavy atom. The summed E-state index contributed by atoms with van der Waals surface area (Å²) >= 11 is 0. The van der Waals surface area contributed by atoms with Gasteiger partial charge in [-0.2, -0.15) is 0 Å². The topological polar surface area (TPSA) is 66.5 Å². The van der Waals surface area contributed by atoms with E-state index in [2.05, 4.69) is 19.2 Å². The molecule has 1 saturated heterocycles. The third-order valence-electron chi connectivity index (χ3n) is 4.43. The van der Waals surface area contributed by atoms with E-state index in [9.17, 15) is 13.2 Å². The van der Waals surface area contributed by atoms with Crippen LogP contribution >= 0.6 is 0 Å². The van der Waals surface area contributed by atoms with Crippen molar-refractivity contribution in [2.24, 2.45) is 5.92 Å². The standard InChI is InChI=1S/C17H26N2O3S/c1-4-23(21,22)19-11-9-15(10-12-19)17(20)18-16-7-5-14(6-8-16)13(2)3/h5-8,13,15H,4,9-12H2,1-3H3,(H,18,20). The highest BCUT2D eigenvalue weighted by molar-refractivity contribution is 7.89. The average Bonchev–Trinajstić information content (AvgIpc) is 2.55. The molecule has 0 aromatic heterocycles. The van der Waals surface area contributed by atoms with E-state index in [0.717, 1.165) is 5.69 Å². The number of carbonyl (C=O) groups is 1. The lowest BCUT2D eigenvalue weighted by Crippen LogP contribution is -2.42. The zero-order valence-electron chi connectivity index (χ0n) is 14.1. The summed E-state index contributed by atoms with van der Waals surface area (Å²) in [6, 6.07) is 7.89. The maximum absolute atomic E-state index is 12.3. The lowest BCUT2D eigenvalue weighted by molar-refractivity contribution is -0.120. The van der Waals surface area contributed by atoms with Crippen LogP contribution in [0.2, 0.25) is 0 Å². The Labute approximate surface area is 139 Å². The summed E-state index contributed by atoms with van der Waals surface area (Å²) in [5.41, 5.74) is 2.03. The van der Waals surface area contributed by atoms with Crippen LogP contribution in [0.15, 0.2) is 24.3 Å². The van der Waals surface area contributed by atoms with Crippen LogP contribution in [-0.2, 0) is 14.8 Å². The lowest BCUT2D eigenvalue weighted by atomic mass is 9.97. The highest BCUT2D eigenvalue weighted by atomic mass is 32.2. The molecule has 0 spiro atoms. The minimum Gasteiger partial charge on any atom is -0.326 e. The number of nitrogens with one attached hydrogen (secondary N) is 1. The third-order valence-corrected chi connectivity index (χ3v) is 6.31. The smallest absolute Gasteiger partial charge is 0.227 e. The fraction of sp³-hybridized carbons (Fsp3) is 0.588. The minimum absolute atomic E-state index is 0.0177. The number of rotatable bonds is 5. The largest absolute Gasteiger partial charge is 0.326 e. The van der Waals surface area contributed by atoms with Gasteiger partial charge in [0.1, 0.15) is 0 Å². The molecule has 1 aromatic rings. The van der Waals surface area contributed by atoms with E-state index in [-0.39, 0.29) is 17.6 Å². The van der Waals surface area contributed by atoms with Crippen molar-refractivity contribution in [2.45, 2.75) is 39.5 Å². The Bertz CT molecular complexity index is 630. The maximum atomic E-state index is 12.3. The third kappa shape index (κ3) is 4.54. The first kappa shape index (κ1) is 17.9. The second kappa shape index (κ2) is 7.45. The summed E-state index contributed by atoms with van der Waals surface area (Å²) in [7, 11) is -3.14. The highest BCUT2D eigenvalue weighted by Crippen LogP contribution is 2.22. The average molecular weight is 338 g/mol. The monoisotopic (exact) mass is 338 g/mol. The van der Waals surface area contributed by atoms with Gasteiger partial charge < -0.3 is 5.32 Å². The number of piperidine rings is 1. The van der Waals surface area contributed by atoms with E-state index in [1.54, 1.807) is 6.92 Å². The van der Waals surface area contributed by atoms with E-state index in [4.69, 9.17) is 0 Å². The summed E-state index contributed by atoms with van der Waals surface area (Å²) in [5, 5.41) is 2.94. The highest BCUT2D eigenvalue weighted by Gasteiger charge is 2.30. The number of carbonyl (C=O) groups excluding carboxylic acids is 1. The molecule has 5 nitrogen and oxygen atoms in total. The summed E-state index contributed by atoms with van der Waals surface area (Å²) in [5.74, 6) is 0.440. The van der Waals surface area contributed by atoms with Crippen molar-refractivity contribution in [1.29, 1.82) is 0 Å². The van der Waals surface area contributed by atoms with Crippen molar-refractivity contribution < 1.29 is 13.2 Å². The van der Waals surface area contributed by atoms with Gasteiger partial charge in [-0.05, 0) is 43.4 Å². The summed E-state index contributed by atoms with van der Waals surface area (Å²) in [6.45, 7) is 6.77. The van der Waals surface area contributed by atoms with Gasteiger partial charge in [-0.1, -0.05) is 26.0 Å². The molecular weight excluding hydrogens is 312 g/mol. The van der Waals surface area contributed by atoms with Gasteiger partial charge in [-0.3, -0.25) is 4.79 Å². The maximum Gasteiger partial charge on any atom is 0.227 e. The van der Waals surface area contributed by atoms with E-state index in [0.29, 0.717) is 31.8 Å². The molecule has 0 aliphatic carbocycles. The van der Waals surface area contributed by atoms with Crippen LogP contribution < -0.4 is 5.32 Å². The molecule has 0 saturated carbocycles. The zero-order chi connectivity index (χ0) is 17.0. The fourth-order valence-electron chi connectivity index (χ4n) is 2.77. The zero-order valence-corrected chi connectivity index (χ0v) is 14.9. The molecule has 0 radical (unpaired) electrons. The molecule has 0 atom stereocenters. The quantitative estimate of drug-likeness (QED) is 0.898. The second-order valence-corrected chi connectivity index (χ2v) is 8.60. The van der Waals surface area contributed by atoms with Crippen molar-refractivity contribution in [2.75, 3.05) is 24.2 Å². The molecule has 1 aliphatic rings. The second-order valence-electron chi connectivity index (χ2n) is 6.34. The molecule has 128 valence electrons. The van der Waals surface area contributed by atoms with Crippen LogP contribution in [0.3, 0.4) is 0 Å². The van der Waals surface area contributed by atoms with Crippen LogP contribution in [0, 0.1) is 5.92 Å². The molecule has 23 heavy (non-hydrogen) atoms. The van der Waals surface area contributed by atoms with Crippen molar-refractivity contribution in [3.63, 3.8) is 0 Å². The van der Waals surface area contributed by atoms with E-state index in [1.807, 2.05) is 24.3 Å². The molecule has 2 rings (SSSR count). The van der Waals surface area contributed by atoms with Gasteiger partial charge >= 0.3 is 0 Å². The molecule has 1 heterocycles. The predicted octanol–water partition coefficient (Wildman–Crippen LogP) is 2.81. The Kier molecular flexibility index (Phi) is 5.81. The molecule has 6 heteroatoms. The Balaban J connectivity index is 1.90. The summed E-state index contributed by atoms with van der Waals surface area (Å²) < 4.78 is 25.2. The molecule has 0 unspecified atom stereocenters. The van der Waals surface area contributed by atoms with Gasteiger partial charge in [0.15, 0.2) is 0 Å². The van der Waals surface area contributed by atoms with Gasteiger partial charge in [-0.25, -0.2) is 12.7 Å². The first-order chi connectivity index (χ1) is 10.8. The molecule has 1 fully saturated rings. The lowest BCUT2D eigenvalue weighted by Gasteiger charge is -2.30. The van der Waals surface area contributed by atoms with Gasteiger partial charge in [0.25, 0.3) is 0 Å². The van der Waals surface area contributed by atoms with Crippen molar-refractivity contribution in [3.05, 3.63) is 29.8 Å². The molecule has 1 N–H and O–H groups in total. The first-order valence-corrected chi connectivity index (χ1v) is 9.83. The number of nitrogens with zero attached hydrogens (tertiary/aromatic N) is 1. The number of amides is 1. The van der Waals surface area contributed by atoms with E-state index >= 15 is 0 Å². The molecule has 0 bridgehead atoms. The number of hydrogen-bond acceptors (Lipinski definition) is 3. The summed E-state index contributed by atoms with van der Waals surface area (Å²) in [6.07, 6.45) is 1.16. The van der Waals surface area contributed by atoms with Gasteiger partial charge in [0.05, 0.1) is 5.75 Å². The van der Waals surface area contributed by atoms with Crippen LogP contribution in [0.4, 0.5) is 5.69 Å².